The first kappa shape index (κ1) is 6.31. The third kappa shape index (κ3) is 1.36. The van der Waals surface area contributed by atoms with E-state index >= 15 is 0 Å². The van der Waals surface area contributed by atoms with Crippen molar-refractivity contribution in [3.05, 3.63) is 0 Å². The standard InChI is InChI=1S/C7H12O3/c1-5(9)6-2-3-10-7(6)4-8/h6-8H,2-4H2,1H3/t6?,7-/m1/s1/i3T/t3-,6?,7+/m0. The summed E-state index contributed by atoms with van der Waals surface area (Å²) >= 11 is 0. The van der Waals surface area contributed by atoms with Crippen LogP contribution in [0.4, 0.5) is 0 Å². The van der Waals surface area contributed by atoms with E-state index in [2.05, 4.69) is 0 Å². The third-order valence-corrected chi connectivity index (χ3v) is 1.77. The predicted octanol–water partition coefficient (Wildman–Crippen LogP) is -0.0272. The van der Waals surface area contributed by atoms with E-state index in [1.165, 1.54) is 6.92 Å². The van der Waals surface area contributed by atoms with Crippen LogP contribution in [0.1, 0.15) is 14.7 Å². The SMILES string of the molecule is [3H][C@H]1CC(C(C)=O)[C@@H](CO)O1. The first-order chi connectivity index (χ1) is 5.15. The molecule has 1 saturated heterocycles. The van der Waals surface area contributed by atoms with Crippen LogP contribution in [-0.4, -0.2) is 30.2 Å². The third-order valence-electron chi connectivity index (χ3n) is 1.77. The van der Waals surface area contributed by atoms with Crippen molar-refractivity contribution in [2.75, 3.05) is 13.2 Å². The van der Waals surface area contributed by atoms with Crippen molar-refractivity contribution in [3.63, 3.8) is 0 Å². The summed E-state index contributed by atoms with van der Waals surface area (Å²) in [5.41, 5.74) is 0. The average molecular weight is 146 g/mol. The number of Topliss-reactive ketones (excluding diaryl/α,β-unsaturated/α-hetero) is 1. The van der Waals surface area contributed by atoms with E-state index in [-0.39, 0.29) is 18.3 Å². The van der Waals surface area contributed by atoms with E-state index in [1.54, 1.807) is 0 Å². The van der Waals surface area contributed by atoms with Crippen LogP contribution in [0.15, 0.2) is 0 Å². The summed E-state index contributed by atoms with van der Waals surface area (Å²) in [5, 5.41) is 8.74. The van der Waals surface area contributed by atoms with Gasteiger partial charge in [-0.3, -0.25) is 4.79 Å². The lowest BCUT2D eigenvalue weighted by Crippen LogP contribution is -2.25. The lowest BCUT2D eigenvalue weighted by molar-refractivity contribution is -0.123. The zero-order valence-corrected chi connectivity index (χ0v) is 5.91. The fourth-order valence-corrected chi connectivity index (χ4v) is 1.13. The lowest BCUT2D eigenvalue weighted by atomic mass is 9.98. The molecule has 0 aliphatic carbocycles. The molecule has 0 bridgehead atoms. The van der Waals surface area contributed by atoms with Crippen molar-refractivity contribution in [3.8, 4) is 0 Å². The molecule has 1 heterocycles. The molecule has 3 heteroatoms. The van der Waals surface area contributed by atoms with Gasteiger partial charge in [-0.15, -0.1) is 0 Å². The van der Waals surface area contributed by atoms with Crippen molar-refractivity contribution in [2.45, 2.75) is 19.4 Å². The summed E-state index contributed by atoms with van der Waals surface area (Å²) in [6.07, 6.45) is -0.0319. The predicted molar refractivity (Wildman–Crippen MR) is 35.6 cm³/mol. The molecule has 1 rings (SSSR count). The van der Waals surface area contributed by atoms with E-state index < -0.39 is 12.7 Å². The van der Waals surface area contributed by atoms with Crippen LogP contribution in [0.5, 0.6) is 0 Å². The highest BCUT2D eigenvalue weighted by Gasteiger charge is 2.30. The summed E-state index contributed by atoms with van der Waals surface area (Å²) in [6, 6.07) is 0. The normalized spacial score (nSPS) is 41.4. The van der Waals surface area contributed by atoms with E-state index in [0.717, 1.165) is 0 Å². The molecule has 0 amide bonds. The fraction of sp³-hybridized carbons (Fsp3) is 0.857. The van der Waals surface area contributed by atoms with Crippen LogP contribution < -0.4 is 0 Å². The van der Waals surface area contributed by atoms with Crippen molar-refractivity contribution >= 4 is 5.78 Å². The van der Waals surface area contributed by atoms with E-state index in [0.29, 0.717) is 6.42 Å². The van der Waals surface area contributed by atoms with Gasteiger partial charge in [0.2, 0.25) is 0 Å². The van der Waals surface area contributed by atoms with Gasteiger partial charge < -0.3 is 9.84 Å². The van der Waals surface area contributed by atoms with Gasteiger partial charge in [0, 0.05) is 12.5 Å². The van der Waals surface area contributed by atoms with Crippen LogP contribution in [-0.2, 0) is 9.53 Å². The van der Waals surface area contributed by atoms with Crippen LogP contribution >= 0.6 is 0 Å². The summed E-state index contributed by atoms with van der Waals surface area (Å²) in [4.78, 5) is 10.9. The minimum Gasteiger partial charge on any atom is -0.394 e. The molecule has 3 nitrogen and oxygen atoms in total. The van der Waals surface area contributed by atoms with E-state index in [4.69, 9.17) is 11.2 Å². The Kier molecular flexibility index (Phi) is 1.97. The molecule has 1 aliphatic heterocycles. The van der Waals surface area contributed by atoms with Crippen LogP contribution in [0.3, 0.4) is 0 Å². The number of hydrogen-bond donors (Lipinski definition) is 1. The second-order valence-corrected chi connectivity index (χ2v) is 2.48. The number of hydrogen-bond acceptors (Lipinski definition) is 3. The van der Waals surface area contributed by atoms with Gasteiger partial charge in [0.15, 0.2) is 0 Å². The van der Waals surface area contributed by atoms with Gasteiger partial charge in [-0.05, 0) is 13.3 Å². The van der Waals surface area contributed by atoms with Crippen molar-refractivity contribution in [2.24, 2.45) is 5.92 Å². The minimum atomic E-state index is -0.638. The Labute approximate surface area is 61.4 Å². The number of ether oxygens (including phenoxy) is 1. The first-order valence-electron chi connectivity index (χ1n) is 3.92. The zero-order chi connectivity index (χ0) is 8.43. The maximum absolute atomic E-state index is 10.9. The van der Waals surface area contributed by atoms with E-state index in [9.17, 15) is 4.79 Å². The van der Waals surface area contributed by atoms with Crippen LogP contribution in [0.2, 0.25) is 0 Å². The lowest BCUT2D eigenvalue weighted by Gasteiger charge is -2.11. The number of ketones is 1. The van der Waals surface area contributed by atoms with E-state index in [1.807, 2.05) is 0 Å². The number of carbonyl (C=O) groups is 1. The Balaban J connectivity index is 2.57. The highest BCUT2D eigenvalue weighted by molar-refractivity contribution is 5.79. The highest BCUT2D eigenvalue weighted by Crippen LogP contribution is 2.20. The Morgan fingerprint density at radius 2 is 2.70 bits per heavy atom. The van der Waals surface area contributed by atoms with Gasteiger partial charge in [-0.1, -0.05) is 0 Å². The number of carbonyl (C=O) groups excluding carboxylic acids is 1. The molecule has 1 aliphatic rings. The zero-order valence-electron chi connectivity index (χ0n) is 6.91. The molecule has 0 saturated carbocycles. The Hall–Kier alpha value is -0.410. The highest BCUT2D eigenvalue weighted by atomic mass is 16.5. The van der Waals surface area contributed by atoms with Crippen LogP contribution in [0.25, 0.3) is 0 Å². The quantitative estimate of drug-likeness (QED) is 0.595. The monoisotopic (exact) mass is 146 g/mol. The summed E-state index contributed by atoms with van der Waals surface area (Å²) in [7, 11) is 0. The second kappa shape index (κ2) is 3.12. The Bertz CT molecular complexity index is 160. The molecular weight excluding hydrogens is 132 g/mol. The van der Waals surface area contributed by atoms with Gasteiger partial charge in [-0.25, -0.2) is 0 Å². The Morgan fingerprint density at radius 3 is 3.10 bits per heavy atom. The van der Waals surface area contributed by atoms with Gasteiger partial charge in [0.05, 0.1) is 14.1 Å². The van der Waals surface area contributed by atoms with Crippen molar-refractivity contribution < 1.29 is 16.0 Å². The molecule has 0 aromatic heterocycles. The summed E-state index contributed by atoms with van der Waals surface area (Å²) in [5.74, 6) is -0.277. The van der Waals surface area contributed by atoms with Gasteiger partial charge in [0.25, 0.3) is 0 Å². The maximum atomic E-state index is 10.9. The molecule has 10 heavy (non-hydrogen) atoms. The smallest absolute Gasteiger partial charge is 0.135 e. The minimum absolute atomic E-state index is 0.00111. The van der Waals surface area contributed by atoms with Crippen molar-refractivity contribution in [1.29, 1.82) is 0 Å². The second-order valence-electron chi connectivity index (χ2n) is 2.48. The molecule has 0 spiro atoms. The van der Waals surface area contributed by atoms with Gasteiger partial charge >= 0.3 is 0 Å². The molecule has 0 aromatic rings. The summed E-state index contributed by atoms with van der Waals surface area (Å²) in [6.45, 7) is 0.662. The maximum Gasteiger partial charge on any atom is 0.135 e. The summed E-state index contributed by atoms with van der Waals surface area (Å²) < 4.78 is 12.2. The van der Waals surface area contributed by atoms with Gasteiger partial charge in [0.1, 0.15) is 5.78 Å². The largest absolute Gasteiger partial charge is 0.394 e. The molecule has 3 atom stereocenters. The molecule has 1 fully saturated rings. The number of rotatable bonds is 2. The average Bonchev–Trinajstić information content (AvgIpc) is 2.30. The molecular formula is C7H12O3. The molecule has 1 unspecified atom stereocenters. The molecule has 0 radical (unpaired) electrons. The van der Waals surface area contributed by atoms with Crippen molar-refractivity contribution in [1.82, 2.24) is 0 Å². The number of aliphatic hydroxyl groups is 1. The van der Waals surface area contributed by atoms with Gasteiger partial charge in [-0.2, -0.15) is 0 Å². The fourth-order valence-electron chi connectivity index (χ4n) is 1.13. The first-order valence-corrected chi connectivity index (χ1v) is 3.34. The molecule has 1 N–H and O–H groups in total. The number of aliphatic hydroxyl groups excluding tert-OH is 1. The van der Waals surface area contributed by atoms with Crippen LogP contribution in [0, 0.1) is 5.92 Å². The Morgan fingerprint density at radius 1 is 2.00 bits per heavy atom. The topological polar surface area (TPSA) is 46.5 Å². The molecule has 0 aromatic carbocycles. The molecule has 58 valence electrons.